The minimum absolute atomic E-state index is 0.348. The molecule has 0 aliphatic heterocycles. The zero-order valence-electron chi connectivity index (χ0n) is 11.8. The zero-order chi connectivity index (χ0) is 15.8. The number of benzene rings is 1. The smallest absolute Gasteiger partial charge is 0.326 e. The molecule has 21 heavy (non-hydrogen) atoms. The summed E-state index contributed by atoms with van der Waals surface area (Å²) in [6.45, 7) is 1.79. The third kappa shape index (κ3) is 5.36. The molecule has 0 saturated carbocycles. The summed E-state index contributed by atoms with van der Waals surface area (Å²) in [7, 11) is 0. The van der Waals surface area contributed by atoms with Gasteiger partial charge in [0.05, 0.1) is 11.6 Å². The molecule has 0 unspecified atom stereocenters. The van der Waals surface area contributed by atoms with Crippen molar-refractivity contribution in [1.82, 2.24) is 5.32 Å². The molecular weight excluding hydrogens is 290 g/mol. The summed E-state index contributed by atoms with van der Waals surface area (Å²) in [5.74, 6) is -0.429. The number of thioether (sulfide) groups is 1. The van der Waals surface area contributed by atoms with Crippen LogP contribution in [0.25, 0.3) is 0 Å². The van der Waals surface area contributed by atoms with E-state index < -0.39 is 18.0 Å². The minimum Gasteiger partial charge on any atom is -0.480 e. The standard InChI is InChI=1S/C14H17N3O3S/c1-9-3-4-10(8-15)7-12(9)17-14(20)16-11(13(18)19)5-6-21-2/h3-4,7,11H,5-6H2,1-2H3,(H,18,19)(H2,16,17,20)/t11-/m0/s1. The number of carboxylic acid groups (broad SMARTS) is 1. The number of hydrogen-bond donors (Lipinski definition) is 3. The van der Waals surface area contributed by atoms with Crippen molar-refractivity contribution in [3.05, 3.63) is 29.3 Å². The summed E-state index contributed by atoms with van der Waals surface area (Å²) in [5.41, 5.74) is 1.70. The molecule has 0 aliphatic carbocycles. The van der Waals surface area contributed by atoms with Crippen LogP contribution in [0.2, 0.25) is 0 Å². The molecule has 0 fully saturated rings. The van der Waals surface area contributed by atoms with Gasteiger partial charge in [-0.15, -0.1) is 0 Å². The Morgan fingerprint density at radius 3 is 2.76 bits per heavy atom. The highest BCUT2D eigenvalue weighted by Crippen LogP contribution is 2.16. The lowest BCUT2D eigenvalue weighted by molar-refractivity contribution is -0.139. The number of amides is 2. The number of nitrogens with one attached hydrogen (secondary N) is 2. The summed E-state index contributed by atoms with van der Waals surface area (Å²) in [4.78, 5) is 22.9. The SMILES string of the molecule is CSCC[C@H](NC(=O)Nc1cc(C#N)ccc1C)C(=O)O. The van der Waals surface area contributed by atoms with Crippen LogP contribution in [-0.4, -0.2) is 35.2 Å². The third-order valence-corrected chi connectivity index (χ3v) is 3.47. The van der Waals surface area contributed by atoms with Crippen LogP contribution in [0, 0.1) is 18.3 Å². The van der Waals surface area contributed by atoms with E-state index >= 15 is 0 Å². The number of carboxylic acids is 1. The number of rotatable bonds is 6. The van der Waals surface area contributed by atoms with Crippen LogP contribution in [0.3, 0.4) is 0 Å². The van der Waals surface area contributed by atoms with E-state index in [0.717, 1.165) is 5.56 Å². The summed E-state index contributed by atoms with van der Waals surface area (Å²) in [6, 6.07) is 5.37. The quantitative estimate of drug-likeness (QED) is 0.747. The van der Waals surface area contributed by atoms with Crippen molar-refractivity contribution in [2.45, 2.75) is 19.4 Å². The molecule has 0 radical (unpaired) electrons. The number of nitriles is 1. The second-order valence-electron chi connectivity index (χ2n) is 4.41. The van der Waals surface area contributed by atoms with E-state index in [-0.39, 0.29) is 0 Å². The summed E-state index contributed by atoms with van der Waals surface area (Å²) in [5, 5.41) is 22.9. The number of hydrogen-bond acceptors (Lipinski definition) is 4. The summed E-state index contributed by atoms with van der Waals surface area (Å²) >= 11 is 1.51. The van der Waals surface area contributed by atoms with E-state index in [1.54, 1.807) is 25.1 Å². The first-order valence-corrected chi connectivity index (χ1v) is 7.67. The van der Waals surface area contributed by atoms with Gasteiger partial charge in [-0.05, 0) is 43.0 Å². The molecule has 1 atom stereocenters. The second kappa shape index (κ2) is 8.17. The topological polar surface area (TPSA) is 102 Å². The van der Waals surface area contributed by atoms with Gasteiger partial charge in [0.25, 0.3) is 0 Å². The Hall–Kier alpha value is -2.20. The molecule has 112 valence electrons. The number of carbonyl (C=O) groups excluding carboxylic acids is 1. The third-order valence-electron chi connectivity index (χ3n) is 2.83. The Bertz CT molecular complexity index is 569. The molecule has 1 rings (SSSR count). The number of nitrogens with zero attached hydrogens (tertiary/aromatic N) is 1. The molecule has 1 aromatic rings. The number of aliphatic carboxylic acids is 1. The fourth-order valence-electron chi connectivity index (χ4n) is 1.64. The second-order valence-corrected chi connectivity index (χ2v) is 5.40. The van der Waals surface area contributed by atoms with Crippen molar-refractivity contribution in [3.63, 3.8) is 0 Å². The van der Waals surface area contributed by atoms with Crippen molar-refractivity contribution in [2.24, 2.45) is 0 Å². The fourth-order valence-corrected chi connectivity index (χ4v) is 2.11. The van der Waals surface area contributed by atoms with E-state index in [1.165, 1.54) is 11.8 Å². The van der Waals surface area contributed by atoms with Crippen molar-refractivity contribution < 1.29 is 14.7 Å². The van der Waals surface area contributed by atoms with Gasteiger partial charge in [0, 0.05) is 5.69 Å². The highest BCUT2D eigenvalue weighted by atomic mass is 32.2. The maximum Gasteiger partial charge on any atom is 0.326 e. The summed E-state index contributed by atoms with van der Waals surface area (Å²) < 4.78 is 0. The largest absolute Gasteiger partial charge is 0.480 e. The van der Waals surface area contributed by atoms with Crippen LogP contribution in [0.5, 0.6) is 0 Å². The van der Waals surface area contributed by atoms with E-state index in [2.05, 4.69) is 10.6 Å². The van der Waals surface area contributed by atoms with Crippen LogP contribution in [0.4, 0.5) is 10.5 Å². The van der Waals surface area contributed by atoms with Crippen molar-refractivity contribution in [2.75, 3.05) is 17.3 Å². The zero-order valence-corrected chi connectivity index (χ0v) is 12.7. The highest BCUT2D eigenvalue weighted by molar-refractivity contribution is 7.98. The molecule has 0 aromatic heterocycles. The van der Waals surface area contributed by atoms with Gasteiger partial charge in [0.1, 0.15) is 6.04 Å². The van der Waals surface area contributed by atoms with E-state index in [1.807, 2.05) is 12.3 Å². The lowest BCUT2D eigenvalue weighted by Crippen LogP contribution is -2.43. The predicted octanol–water partition coefficient (Wildman–Crippen LogP) is 2.19. The van der Waals surface area contributed by atoms with Gasteiger partial charge in [-0.1, -0.05) is 6.07 Å². The maximum absolute atomic E-state index is 11.9. The lowest BCUT2D eigenvalue weighted by Gasteiger charge is -2.15. The number of carbonyl (C=O) groups is 2. The fraction of sp³-hybridized carbons (Fsp3) is 0.357. The molecular formula is C14H17N3O3S. The first kappa shape index (κ1) is 16.9. The van der Waals surface area contributed by atoms with Gasteiger partial charge in [-0.3, -0.25) is 0 Å². The molecule has 0 spiro atoms. The molecule has 0 aliphatic rings. The Balaban J connectivity index is 2.72. The molecule has 0 heterocycles. The minimum atomic E-state index is -1.07. The Kier molecular flexibility index (Phi) is 6.56. The Morgan fingerprint density at radius 2 is 2.19 bits per heavy atom. The monoisotopic (exact) mass is 307 g/mol. The van der Waals surface area contributed by atoms with Crippen LogP contribution in [0.1, 0.15) is 17.5 Å². The maximum atomic E-state index is 11.9. The van der Waals surface area contributed by atoms with Crippen LogP contribution >= 0.6 is 11.8 Å². The van der Waals surface area contributed by atoms with Crippen molar-refractivity contribution >= 4 is 29.4 Å². The lowest BCUT2D eigenvalue weighted by atomic mass is 10.1. The van der Waals surface area contributed by atoms with Gasteiger partial charge in [-0.25, -0.2) is 9.59 Å². The molecule has 7 heteroatoms. The average Bonchev–Trinajstić information content (AvgIpc) is 2.45. The molecule has 6 nitrogen and oxygen atoms in total. The van der Waals surface area contributed by atoms with Gasteiger partial charge >= 0.3 is 12.0 Å². The van der Waals surface area contributed by atoms with E-state index in [0.29, 0.717) is 23.4 Å². The normalized spacial score (nSPS) is 11.3. The number of urea groups is 1. The highest BCUT2D eigenvalue weighted by Gasteiger charge is 2.19. The molecule has 1 aromatic carbocycles. The molecule has 3 N–H and O–H groups in total. The van der Waals surface area contributed by atoms with Gasteiger partial charge < -0.3 is 15.7 Å². The van der Waals surface area contributed by atoms with Gasteiger partial charge in [0.2, 0.25) is 0 Å². The van der Waals surface area contributed by atoms with E-state index in [9.17, 15) is 9.59 Å². The van der Waals surface area contributed by atoms with E-state index in [4.69, 9.17) is 10.4 Å². The first-order valence-electron chi connectivity index (χ1n) is 6.28. The molecule has 2 amide bonds. The van der Waals surface area contributed by atoms with Crippen molar-refractivity contribution in [1.29, 1.82) is 5.26 Å². The Labute approximate surface area is 127 Å². The van der Waals surface area contributed by atoms with Crippen LogP contribution < -0.4 is 10.6 Å². The van der Waals surface area contributed by atoms with Gasteiger partial charge in [0.15, 0.2) is 0 Å². The summed E-state index contributed by atoms with van der Waals surface area (Å²) in [6.07, 6.45) is 2.22. The molecule has 0 bridgehead atoms. The number of anilines is 1. The van der Waals surface area contributed by atoms with Crippen molar-refractivity contribution in [3.8, 4) is 6.07 Å². The van der Waals surface area contributed by atoms with Gasteiger partial charge in [-0.2, -0.15) is 17.0 Å². The van der Waals surface area contributed by atoms with Crippen LogP contribution in [0.15, 0.2) is 18.2 Å². The van der Waals surface area contributed by atoms with Crippen LogP contribution in [-0.2, 0) is 4.79 Å². The molecule has 0 saturated heterocycles. The number of aryl methyl sites for hydroxylation is 1. The Morgan fingerprint density at radius 1 is 1.48 bits per heavy atom. The first-order chi connectivity index (χ1) is 9.97. The average molecular weight is 307 g/mol. The predicted molar refractivity (Wildman–Crippen MR) is 82.5 cm³/mol.